The summed E-state index contributed by atoms with van der Waals surface area (Å²) in [6.45, 7) is 4.17. The van der Waals surface area contributed by atoms with Crippen molar-refractivity contribution in [1.29, 1.82) is 0 Å². The van der Waals surface area contributed by atoms with Gasteiger partial charge in [0.25, 0.3) is 0 Å². The van der Waals surface area contributed by atoms with E-state index >= 15 is 0 Å². The summed E-state index contributed by atoms with van der Waals surface area (Å²) in [6.07, 6.45) is 6.84. The topological polar surface area (TPSA) is 24.5 Å². The Kier molecular flexibility index (Phi) is 4.42. The molecule has 0 aromatic heterocycles. The summed E-state index contributed by atoms with van der Waals surface area (Å²) in [5.41, 5.74) is 0. The van der Waals surface area contributed by atoms with E-state index in [1.165, 1.54) is 32.1 Å². The van der Waals surface area contributed by atoms with Crippen LogP contribution in [-0.2, 0) is 4.74 Å². The third kappa shape index (κ3) is 3.16. The zero-order valence-electron chi connectivity index (χ0n) is 9.87. The molecular formula is C12H24N2O. The fourth-order valence-electron chi connectivity index (χ4n) is 2.88. The number of nitrogens with zero attached hydrogens (tertiary/aromatic N) is 1. The predicted molar refractivity (Wildman–Crippen MR) is 62.1 cm³/mol. The molecule has 3 nitrogen and oxygen atoms in total. The Hall–Kier alpha value is -0.120. The molecule has 1 aliphatic heterocycles. The Balaban J connectivity index is 1.81. The first-order chi connectivity index (χ1) is 7.40. The fourth-order valence-corrected chi connectivity index (χ4v) is 2.88. The molecule has 2 fully saturated rings. The summed E-state index contributed by atoms with van der Waals surface area (Å²) in [6, 6.07) is 1.59. The van der Waals surface area contributed by atoms with Crippen molar-refractivity contribution in [2.24, 2.45) is 0 Å². The zero-order chi connectivity index (χ0) is 10.5. The van der Waals surface area contributed by atoms with Crippen molar-refractivity contribution in [3.05, 3.63) is 0 Å². The second-order valence-corrected chi connectivity index (χ2v) is 4.80. The lowest BCUT2D eigenvalue weighted by molar-refractivity contribution is 0.0133. The first-order valence-corrected chi connectivity index (χ1v) is 6.39. The molecule has 1 saturated heterocycles. The van der Waals surface area contributed by atoms with E-state index < -0.39 is 0 Å². The molecule has 1 N–H and O–H groups in total. The van der Waals surface area contributed by atoms with Crippen LogP contribution in [0.25, 0.3) is 0 Å². The summed E-state index contributed by atoms with van der Waals surface area (Å²) in [4.78, 5) is 2.64. The maximum atomic E-state index is 5.41. The number of hydrogen-bond donors (Lipinski definition) is 1. The van der Waals surface area contributed by atoms with Crippen molar-refractivity contribution in [3.63, 3.8) is 0 Å². The highest BCUT2D eigenvalue weighted by Gasteiger charge is 2.24. The molecule has 0 radical (unpaired) electrons. The van der Waals surface area contributed by atoms with Crippen LogP contribution < -0.4 is 5.32 Å². The van der Waals surface area contributed by atoms with Gasteiger partial charge in [-0.3, -0.25) is 4.90 Å². The van der Waals surface area contributed by atoms with E-state index in [1.807, 2.05) is 0 Å². The summed E-state index contributed by atoms with van der Waals surface area (Å²) in [5, 5.41) is 3.42. The van der Waals surface area contributed by atoms with Gasteiger partial charge in [-0.1, -0.05) is 6.42 Å². The van der Waals surface area contributed by atoms with Gasteiger partial charge in [0.1, 0.15) is 0 Å². The van der Waals surface area contributed by atoms with Gasteiger partial charge in [0.05, 0.1) is 13.2 Å². The number of morpholine rings is 1. The van der Waals surface area contributed by atoms with Gasteiger partial charge < -0.3 is 10.1 Å². The molecule has 0 spiro atoms. The normalized spacial score (nSPS) is 35.0. The Morgan fingerprint density at radius 1 is 1.07 bits per heavy atom. The summed E-state index contributed by atoms with van der Waals surface area (Å²) in [5.74, 6) is 0. The van der Waals surface area contributed by atoms with E-state index in [9.17, 15) is 0 Å². The average molecular weight is 212 g/mol. The first-order valence-electron chi connectivity index (χ1n) is 6.39. The minimum Gasteiger partial charge on any atom is -0.379 e. The molecule has 2 atom stereocenters. The molecule has 0 aromatic carbocycles. The molecule has 1 saturated carbocycles. The highest BCUT2D eigenvalue weighted by Crippen LogP contribution is 2.22. The van der Waals surface area contributed by atoms with Crippen molar-refractivity contribution >= 4 is 0 Å². The molecule has 3 heteroatoms. The minimum atomic E-state index is 0.760. The van der Waals surface area contributed by atoms with Crippen LogP contribution in [0.2, 0.25) is 0 Å². The van der Waals surface area contributed by atoms with E-state index in [0.717, 1.165) is 38.4 Å². The Labute approximate surface area is 93.2 Å². The minimum absolute atomic E-state index is 0.760. The van der Waals surface area contributed by atoms with Crippen molar-refractivity contribution in [2.45, 2.75) is 44.2 Å². The lowest BCUT2D eigenvalue weighted by atomic mass is 10.1. The Morgan fingerprint density at radius 3 is 2.60 bits per heavy atom. The van der Waals surface area contributed by atoms with Crippen LogP contribution >= 0.6 is 0 Å². The van der Waals surface area contributed by atoms with Crippen molar-refractivity contribution < 1.29 is 4.74 Å². The first kappa shape index (κ1) is 11.4. The molecule has 15 heavy (non-hydrogen) atoms. The Bertz CT molecular complexity index is 180. The third-order valence-corrected chi connectivity index (χ3v) is 3.91. The Morgan fingerprint density at radius 2 is 1.87 bits per heavy atom. The summed E-state index contributed by atoms with van der Waals surface area (Å²) < 4.78 is 5.41. The van der Waals surface area contributed by atoms with Gasteiger partial charge in [-0.25, -0.2) is 0 Å². The van der Waals surface area contributed by atoms with Gasteiger partial charge >= 0.3 is 0 Å². The summed E-state index contributed by atoms with van der Waals surface area (Å²) in [7, 11) is 2.10. The molecule has 1 heterocycles. The van der Waals surface area contributed by atoms with Gasteiger partial charge in [0.2, 0.25) is 0 Å². The van der Waals surface area contributed by atoms with Crippen molar-refractivity contribution in [2.75, 3.05) is 33.4 Å². The molecule has 2 rings (SSSR count). The second-order valence-electron chi connectivity index (χ2n) is 4.80. The van der Waals surface area contributed by atoms with Crippen LogP contribution in [0.1, 0.15) is 32.1 Å². The highest BCUT2D eigenvalue weighted by molar-refractivity contribution is 4.80. The van der Waals surface area contributed by atoms with Gasteiger partial charge in [-0.2, -0.15) is 0 Å². The van der Waals surface area contributed by atoms with Gasteiger partial charge in [0.15, 0.2) is 0 Å². The number of nitrogens with one attached hydrogen (secondary N) is 1. The molecule has 2 unspecified atom stereocenters. The molecule has 1 aliphatic carbocycles. The third-order valence-electron chi connectivity index (χ3n) is 3.91. The van der Waals surface area contributed by atoms with E-state index in [-0.39, 0.29) is 0 Å². The smallest absolute Gasteiger partial charge is 0.0594 e. The van der Waals surface area contributed by atoms with Crippen molar-refractivity contribution in [3.8, 4) is 0 Å². The molecule has 2 aliphatic rings. The molecule has 0 amide bonds. The van der Waals surface area contributed by atoms with Crippen LogP contribution in [0.5, 0.6) is 0 Å². The van der Waals surface area contributed by atoms with Crippen LogP contribution in [0.3, 0.4) is 0 Å². The maximum Gasteiger partial charge on any atom is 0.0594 e. The quantitative estimate of drug-likeness (QED) is 0.697. The van der Waals surface area contributed by atoms with Crippen LogP contribution in [0, 0.1) is 0 Å². The number of rotatable bonds is 2. The van der Waals surface area contributed by atoms with Crippen LogP contribution in [0.4, 0.5) is 0 Å². The van der Waals surface area contributed by atoms with E-state index in [4.69, 9.17) is 4.74 Å². The number of ether oxygens (including phenoxy) is 1. The van der Waals surface area contributed by atoms with E-state index in [0.29, 0.717) is 0 Å². The van der Waals surface area contributed by atoms with E-state index in [1.54, 1.807) is 0 Å². The highest BCUT2D eigenvalue weighted by atomic mass is 16.5. The largest absolute Gasteiger partial charge is 0.379 e. The molecule has 0 aromatic rings. The van der Waals surface area contributed by atoms with E-state index in [2.05, 4.69) is 17.3 Å². The molecule has 0 bridgehead atoms. The lowest BCUT2D eigenvalue weighted by Crippen LogP contribution is -2.43. The van der Waals surface area contributed by atoms with Gasteiger partial charge in [-0.15, -0.1) is 0 Å². The number of hydrogen-bond acceptors (Lipinski definition) is 3. The lowest BCUT2D eigenvalue weighted by Gasteiger charge is -2.34. The van der Waals surface area contributed by atoms with Crippen LogP contribution in [-0.4, -0.2) is 50.3 Å². The SMILES string of the molecule is CNC1CCCC(N2CCOCC2)CC1. The second kappa shape index (κ2) is 5.83. The van der Waals surface area contributed by atoms with Gasteiger partial charge in [-0.05, 0) is 32.7 Å². The predicted octanol–water partition coefficient (Wildman–Crippen LogP) is 1.24. The van der Waals surface area contributed by atoms with Gasteiger partial charge in [0, 0.05) is 25.2 Å². The van der Waals surface area contributed by atoms with Crippen molar-refractivity contribution in [1.82, 2.24) is 10.2 Å². The average Bonchev–Trinajstić information content (AvgIpc) is 2.55. The maximum absolute atomic E-state index is 5.41. The standard InChI is InChI=1S/C12H24N2O/c1-13-11-3-2-4-12(6-5-11)14-7-9-15-10-8-14/h11-13H,2-10H2,1H3. The van der Waals surface area contributed by atoms with Crippen LogP contribution in [0.15, 0.2) is 0 Å². The summed E-state index contributed by atoms with van der Waals surface area (Å²) >= 11 is 0. The molecule has 88 valence electrons. The molecular weight excluding hydrogens is 188 g/mol. The monoisotopic (exact) mass is 212 g/mol. The fraction of sp³-hybridized carbons (Fsp3) is 1.00. The zero-order valence-corrected chi connectivity index (χ0v) is 9.87.